The van der Waals surface area contributed by atoms with Crippen molar-refractivity contribution in [2.24, 2.45) is 0 Å². The molecule has 142 valence electrons. The maximum absolute atomic E-state index is 14.1. The number of hydrogen-bond donors (Lipinski definition) is 0. The zero-order chi connectivity index (χ0) is 19.8. The van der Waals surface area contributed by atoms with E-state index in [0.717, 1.165) is 34.3 Å². The van der Waals surface area contributed by atoms with E-state index in [-0.39, 0.29) is 27.1 Å². The van der Waals surface area contributed by atoms with Crippen molar-refractivity contribution < 1.29 is 13.6 Å². The highest BCUT2D eigenvalue weighted by Gasteiger charge is 2.26. The molecule has 0 bridgehead atoms. The maximum Gasteiger partial charge on any atom is 0.262 e. The Hall–Kier alpha value is -2.06. The molecule has 0 aliphatic heterocycles. The van der Waals surface area contributed by atoms with E-state index in [1.54, 1.807) is 0 Å². The second-order valence-electron chi connectivity index (χ2n) is 5.85. The summed E-state index contributed by atoms with van der Waals surface area (Å²) in [4.78, 5) is 18.8. The molecule has 0 fully saturated rings. The van der Waals surface area contributed by atoms with Gasteiger partial charge in [-0.3, -0.25) is 9.69 Å². The molecule has 0 radical (unpaired) electrons. The van der Waals surface area contributed by atoms with E-state index in [0.29, 0.717) is 9.04 Å². The summed E-state index contributed by atoms with van der Waals surface area (Å²) in [6.45, 7) is 0.188. The Bertz CT molecular complexity index is 1180. The first-order valence-corrected chi connectivity index (χ1v) is 10.4. The molecule has 4 aromatic rings. The van der Waals surface area contributed by atoms with Crippen LogP contribution in [0.25, 0.3) is 10.2 Å². The highest BCUT2D eigenvalue weighted by Crippen LogP contribution is 2.36. The van der Waals surface area contributed by atoms with Crippen LogP contribution in [0.15, 0.2) is 48.5 Å². The van der Waals surface area contributed by atoms with Crippen LogP contribution in [0.3, 0.4) is 0 Å². The molecule has 2 aromatic heterocycles. The van der Waals surface area contributed by atoms with Crippen molar-refractivity contribution in [3.05, 3.63) is 80.0 Å². The topological polar surface area (TPSA) is 33.2 Å². The number of aromatic nitrogens is 1. The number of halogens is 4. The summed E-state index contributed by atoms with van der Waals surface area (Å²) in [5.41, 5.74) is 1.10. The van der Waals surface area contributed by atoms with Crippen LogP contribution in [0, 0.1) is 11.6 Å². The molecule has 3 nitrogen and oxygen atoms in total. The highest BCUT2D eigenvalue weighted by atomic mass is 35.5. The maximum atomic E-state index is 14.1. The lowest BCUT2D eigenvalue weighted by molar-refractivity contribution is 0.0985. The van der Waals surface area contributed by atoms with Crippen molar-refractivity contribution in [1.82, 2.24) is 4.98 Å². The number of amides is 1. The Labute approximate surface area is 176 Å². The Balaban J connectivity index is 1.82. The van der Waals surface area contributed by atoms with E-state index < -0.39 is 17.5 Å². The molecule has 0 spiro atoms. The van der Waals surface area contributed by atoms with Gasteiger partial charge in [-0.1, -0.05) is 64.9 Å². The van der Waals surface area contributed by atoms with E-state index in [9.17, 15) is 13.6 Å². The normalized spacial score (nSPS) is 11.1. The standard InChI is InChI=1S/C19H10Cl2F2N2OS2/c20-15-8-12(17(21)28-15)18(26)25(9-10-4-2-1-3-5-10)19-24-16-13(23)6-11(22)7-14(16)27-19/h1-8H,9H2. The molecule has 0 saturated carbocycles. The smallest absolute Gasteiger partial charge is 0.262 e. The number of fused-ring (bicyclic) bond motifs is 1. The molecule has 0 N–H and O–H groups in total. The summed E-state index contributed by atoms with van der Waals surface area (Å²) in [6.07, 6.45) is 0. The predicted octanol–water partition coefficient (Wildman–Crippen LogP) is 6.79. The third kappa shape index (κ3) is 3.75. The molecular formula is C19H10Cl2F2N2OS2. The van der Waals surface area contributed by atoms with Crippen molar-refractivity contribution in [2.75, 3.05) is 4.90 Å². The molecule has 0 aliphatic rings. The van der Waals surface area contributed by atoms with Gasteiger partial charge in [0.05, 0.1) is 21.1 Å². The molecule has 28 heavy (non-hydrogen) atoms. The van der Waals surface area contributed by atoms with Gasteiger partial charge < -0.3 is 0 Å². The number of thiophene rings is 1. The molecule has 0 unspecified atom stereocenters. The van der Waals surface area contributed by atoms with Crippen molar-refractivity contribution in [3.63, 3.8) is 0 Å². The average molecular weight is 455 g/mol. The van der Waals surface area contributed by atoms with Gasteiger partial charge >= 0.3 is 0 Å². The van der Waals surface area contributed by atoms with Crippen LogP contribution in [0.1, 0.15) is 15.9 Å². The van der Waals surface area contributed by atoms with Gasteiger partial charge in [0.2, 0.25) is 0 Å². The van der Waals surface area contributed by atoms with Gasteiger partial charge in [-0.25, -0.2) is 13.8 Å². The number of anilines is 1. The third-order valence-corrected chi connectivity index (χ3v) is 6.46. The number of hydrogen-bond acceptors (Lipinski definition) is 4. The van der Waals surface area contributed by atoms with E-state index in [1.165, 1.54) is 17.0 Å². The second-order valence-corrected chi connectivity index (χ2v) is 9.14. The third-order valence-electron chi connectivity index (χ3n) is 3.95. The number of nitrogens with zero attached hydrogens (tertiary/aromatic N) is 2. The number of carbonyl (C=O) groups is 1. The number of rotatable bonds is 4. The fourth-order valence-electron chi connectivity index (χ4n) is 2.68. The van der Waals surface area contributed by atoms with E-state index in [4.69, 9.17) is 23.2 Å². The van der Waals surface area contributed by atoms with Crippen LogP contribution in [-0.2, 0) is 6.54 Å². The fraction of sp³-hybridized carbons (Fsp3) is 0.0526. The summed E-state index contributed by atoms with van der Waals surface area (Å²) in [5.74, 6) is -1.90. The van der Waals surface area contributed by atoms with Crippen molar-refractivity contribution >= 4 is 67.1 Å². The van der Waals surface area contributed by atoms with Crippen LogP contribution in [0.2, 0.25) is 8.67 Å². The van der Waals surface area contributed by atoms with Gasteiger partial charge in [0.15, 0.2) is 10.9 Å². The lowest BCUT2D eigenvalue weighted by Crippen LogP contribution is -2.30. The van der Waals surface area contributed by atoms with Crippen LogP contribution >= 0.6 is 45.9 Å². The summed E-state index contributed by atoms with van der Waals surface area (Å²) < 4.78 is 28.6. The largest absolute Gasteiger partial charge is 0.279 e. The first-order chi connectivity index (χ1) is 13.4. The number of thiazole rings is 1. The molecule has 2 aromatic carbocycles. The fourth-order valence-corrected chi connectivity index (χ4v) is 5.14. The van der Waals surface area contributed by atoms with E-state index in [1.807, 2.05) is 30.3 Å². The predicted molar refractivity (Wildman–Crippen MR) is 111 cm³/mol. The second kappa shape index (κ2) is 7.75. The van der Waals surface area contributed by atoms with Gasteiger partial charge in [-0.05, 0) is 17.7 Å². The molecule has 1 amide bonds. The van der Waals surface area contributed by atoms with Gasteiger partial charge in [0, 0.05) is 6.07 Å². The minimum absolute atomic E-state index is 0.0155. The van der Waals surface area contributed by atoms with Gasteiger partial charge in [-0.15, -0.1) is 11.3 Å². The van der Waals surface area contributed by atoms with Gasteiger partial charge in [0.1, 0.15) is 15.7 Å². The molecular weight excluding hydrogens is 445 g/mol. The highest BCUT2D eigenvalue weighted by molar-refractivity contribution is 7.22. The molecule has 9 heteroatoms. The Kier molecular flexibility index (Phi) is 5.33. The summed E-state index contributed by atoms with van der Waals surface area (Å²) >= 11 is 14.3. The minimum atomic E-state index is -0.777. The first-order valence-electron chi connectivity index (χ1n) is 7.98. The molecule has 0 saturated heterocycles. The van der Waals surface area contributed by atoms with Crippen LogP contribution < -0.4 is 4.90 Å². The monoisotopic (exact) mass is 454 g/mol. The SMILES string of the molecule is O=C(c1cc(Cl)sc1Cl)N(Cc1ccccc1)c1nc2c(F)cc(F)cc2s1. The van der Waals surface area contributed by atoms with Crippen LogP contribution in [-0.4, -0.2) is 10.9 Å². The van der Waals surface area contributed by atoms with Gasteiger partial charge in [-0.2, -0.15) is 0 Å². The first kappa shape index (κ1) is 19.3. The van der Waals surface area contributed by atoms with Crippen LogP contribution in [0.4, 0.5) is 13.9 Å². The van der Waals surface area contributed by atoms with Crippen molar-refractivity contribution in [3.8, 4) is 0 Å². The summed E-state index contributed by atoms with van der Waals surface area (Å²) in [6, 6.07) is 12.7. The number of benzene rings is 2. The Morgan fingerprint density at radius 1 is 1.07 bits per heavy atom. The average Bonchev–Trinajstić information content (AvgIpc) is 3.22. The quantitative estimate of drug-likeness (QED) is 0.340. The molecule has 2 heterocycles. The molecule has 4 rings (SSSR count). The van der Waals surface area contributed by atoms with Crippen molar-refractivity contribution in [2.45, 2.75) is 6.54 Å². The lowest BCUT2D eigenvalue weighted by Gasteiger charge is -2.19. The lowest BCUT2D eigenvalue weighted by atomic mass is 10.2. The van der Waals surface area contributed by atoms with Crippen LogP contribution in [0.5, 0.6) is 0 Å². The summed E-state index contributed by atoms with van der Waals surface area (Å²) in [7, 11) is 0. The van der Waals surface area contributed by atoms with Gasteiger partial charge in [0.25, 0.3) is 5.91 Å². The van der Waals surface area contributed by atoms with E-state index >= 15 is 0 Å². The zero-order valence-corrected chi connectivity index (χ0v) is 17.1. The summed E-state index contributed by atoms with van der Waals surface area (Å²) in [5, 5.41) is 0.242. The minimum Gasteiger partial charge on any atom is -0.279 e. The molecule has 0 aliphatic carbocycles. The number of carbonyl (C=O) groups excluding carboxylic acids is 1. The van der Waals surface area contributed by atoms with E-state index in [2.05, 4.69) is 4.98 Å². The molecule has 0 atom stereocenters. The van der Waals surface area contributed by atoms with Crippen molar-refractivity contribution in [1.29, 1.82) is 0 Å². The Morgan fingerprint density at radius 3 is 2.50 bits per heavy atom. The Morgan fingerprint density at radius 2 is 1.82 bits per heavy atom. The zero-order valence-electron chi connectivity index (χ0n) is 14.0.